The van der Waals surface area contributed by atoms with Crippen LogP contribution in [0.1, 0.15) is 55.3 Å². The summed E-state index contributed by atoms with van der Waals surface area (Å²) >= 11 is 1.45. The van der Waals surface area contributed by atoms with E-state index in [0.717, 1.165) is 27.4 Å². The van der Waals surface area contributed by atoms with E-state index in [1.807, 2.05) is 25.1 Å². The van der Waals surface area contributed by atoms with Crippen molar-refractivity contribution in [2.75, 3.05) is 18.4 Å². The molecule has 2 aromatic heterocycles. The summed E-state index contributed by atoms with van der Waals surface area (Å²) in [4.78, 5) is 27.1. The van der Waals surface area contributed by atoms with Crippen LogP contribution in [0.4, 0.5) is 16.4 Å². The summed E-state index contributed by atoms with van der Waals surface area (Å²) in [5, 5.41) is 24.5. The van der Waals surface area contributed by atoms with Crippen LogP contribution in [0.25, 0.3) is 10.4 Å². The van der Waals surface area contributed by atoms with Gasteiger partial charge < -0.3 is 20.4 Å². The summed E-state index contributed by atoms with van der Waals surface area (Å²) in [5.74, 6) is 0.869. The Morgan fingerprint density at radius 3 is 2.79 bits per heavy atom. The average molecular weight is 468 g/mol. The third kappa shape index (κ3) is 5.31. The largest absolute Gasteiger partial charge is 0.465 e. The minimum Gasteiger partial charge on any atom is -0.465 e. The van der Waals surface area contributed by atoms with Gasteiger partial charge in [-0.25, -0.2) is 19.7 Å². The maximum Gasteiger partial charge on any atom is 0.407 e. The minimum absolute atomic E-state index is 0.300. The number of carboxylic acid groups (broad SMARTS) is 1. The number of thiazole rings is 1. The number of amides is 1. The van der Waals surface area contributed by atoms with E-state index < -0.39 is 11.7 Å². The molecule has 33 heavy (non-hydrogen) atoms. The second-order valence-electron chi connectivity index (χ2n) is 8.86. The highest BCUT2D eigenvalue weighted by atomic mass is 32.1. The monoisotopic (exact) mass is 467 g/mol. The highest BCUT2D eigenvalue weighted by molar-refractivity contribution is 7.15. The summed E-state index contributed by atoms with van der Waals surface area (Å²) in [6.07, 6.45) is 4.04. The number of benzene rings is 1. The van der Waals surface area contributed by atoms with Crippen molar-refractivity contribution in [1.82, 2.24) is 19.9 Å². The second-order valence-corrected chi connectivity index (χ2v) is 9.89. The van der Waals surface area contributed by atoms with Gasteiger partial charge in [0.1, 0.15) is 10.6 Å². The Labute approximate surface area is 197 Å². The number of aryl methyl sites for hydroxylation is 1. The van der Waals surface area contributed by atoms with E-state index >= 15 is 0 Å². The van der Waals surface area contributed by atoms with Gasteiger partial charge in [0.25, 0.3) is 0 Å². The van der Waals surface area contributed by atoms with Crippen molar-refractivity contribution in [3.05, 3.63) is 52.9 Å². The third-order valence-electron chi connectivity index (χ3n) is 5.87. The fourth-order valence-electron chi connectivity index (χ4n) is 4.03. The van der Waals surface area contributed by atoms with Gasteiger partial charge in [-0.1, -0.05) is 19.9 Å². The van der Waals surface area contributed by atoms with E-state index in [9.17, 15) is 15.0 Å². The molecule has 1 fully saturated rings. The van der Waals surface area contributed by atoms with Crippen LogP contribution in [-0.4, -0.2) is 49.2 Å². The van der Waals surface area contributed by atoms with Gasteiger partial charge in [-0.2, -0.15) is 0 Å². The first-order valence-corrected chi connectivity index (χ1v) is 11.9. The van der Waals surface area contributed by atoms with Crippen molar-refractivity contribution >= 4 is 29.1 Å². The Balaban J connectivity index is 1.56. The van der Waals surface area contributed by atoms with Crippen LogP contribution < -0.4 is 5.32 Å². The molecule has 3 heterocycles. The zero-order chi connectivity index (χ0) is 23.6. The third-order valence-corrected chi connectivity index (χ3v) is 7.11. The van der Waals surface area contributed by atoms with E-state index in [1.165, 1.54) is 16.2 Å². The molecule has 1 atom stereocenters. The van der Waals surface area contributed by atoms with Crippen molar-refractivity contribution in [1.29, 1.82) is 0 Å². The molecule has 1 saturated heterocycles. The lowest BCUT2D eigenvalue weighted by Crippen LogP contribution is -2.32. The molecule has 3 N–H and O–H groups in total. The molecule has 1 amide bonds. The molecule has 1 aromatic carbocycles. The highest BCUT2D eigenvalue weighted by Gasteiger charge is 2.35. The van der Waals surface area contributed by atoms with Gasteiger partial charge in [0.05, 0.1) is 4.88 Å². The van der Waals surface area contributed by atoms with Gasteiger partial charge in [0.2, 0.25) is 5.95 Å². The van der Waals surface area contributed by atoms with E-state index in [1.54, 1.807) is 12.4 Å². The summed E-state index contributed by atoms with van der Waals surface area (Å²) in [6.45, 7) is 6.96. The Hall–Kier alpha value is -3.04. The predicted molar refractivity (Wildman–Crippen MR) is 129 cm³/mol. The lowest BCUT2D eigenvalue weighted by molar-refractivity contribution is 0.0213. The molecule has 1 aliphatic heterocycles. The molecule has 174 valence electrons. The summed E-state index contributed by atoms with van der Waals surface area (Å²) in [5.41, 5.74) is 2.82. The van der Waals surface area contributed by atoms with Crippen LogP contribution in [0.2, 0.25) is 0 Å². The number of nitrogens with one attached hydrogen (secondary N) is 1. The summed E-state index contributed by atoms with van der Waals surface area (Å²) < 4.78 is 0. The van der Waals surface area contributed by atoms with Gasteiger partial charge in [0, 0.05) is 43.3 Å². The molecule has 0 radical (unpaired) electrons. The van der Waals surface area contributed by atoms with Gasteiger partial charge in [-0.15, -0.1) is 11.3 Å². The maximum atomic E-state index is 11.3. The number of anilines is 2. The van der Waals surface area contributed by atoms with Crippen molar-refractivity contribution in [2.24, 2.45) is 0 Å². The molecular weight excluding hydrogens is 438 g/mol. The molecule has 0 aliphatic carbocycles. The van der Waals surface area contributed by atoms with E-state index in [-0.39, 0.29) is 0 Å². The van der Waals surface area contributed by atoms with Gasteiger partial charge in [-0.3, -0.25) is 0 Å². The molecule has 0 saturated carbocycles. The Morgan fingerprint density at radius 1 is 1.21 bits per heavy atom. The van der Waals surface area contributed by atoms with Crippen LogP contribution >= 0.6 is 11.3 Å². The lowest BCUT2D eigenvalue weighted by Gasteiger charge is -2.24. The topological polar surface area (TPSA) is 111 Å². The first kappa shape index (κ1) is 23.1. The lowest BCUT2D eigenvalue weighted by atomic mass is 9.96. The Morgan fingerprint density at radius 2 is 2.03 bits per heavy atom. The molecule has 8 nitrogen and oxygen atoms in total. The van der Waals surface area contributed by atoms with Gasteiger partial charge in [-0.05, 0) is 55.0 Å². The van der Waals surface area contributed by atoms with Gasteiger partial charge >= 0.3 is 6.09 Å². The predicted octanol–water partition coefficient (Wildman–Crippen LogP) is 5.13. The molecule has 0 bridgehead atoms. The van der Waals surface area contributed by atoms with Crippen molar-refractivity contribution in [2.45, 2.75) is 51.6 Å². The number of aromatic nitrogens is 3. The fraction of sp³-hybridized carbons (Fsp3) is 0.417. The highest BCUT2D eigenvalue weighted by Crippen LogP contribution is 2.39. The smallest absolute Gasteiger partial charge is 0.407 e. The molecular formula is C24H29N5O3S. The summed E-state index contributed by atoms with van der Waals surface area (Å²) in [6, 6.07) is 8.07. The number of rotatable bonds is 5. The quantitative estimate of drug-likeness (QED) is 0.477. The fourth-order valence-corrected chi connectivity index (χ4v) is 5.08. The zero-order valence-electron chi connectivity index (χ0n) is 19.1. The molecule has 0 unspecified atom stereocenters. The van der Waals surface area contributed by atoms with E-state index in [4.69, 9.17) is 0 Å². The van der Waals surface area contributed by atoms with Crippen LogP contribution in [-0.2, 0) is 5.60 Å². The number of aliphatic hydroxyl groups is 1. The summed E-state index contributed by atoms with van der Waals surface area (Å²) in [7, 11) is 0. The maximum absolute atomic E-state index is 11.3. The SMILES string of the molecule is Cc1cc(Nc2nccc(C(C)C)n2)cc(-c2cnc([C@@]3(O)CCCN(C(=O)O)CC3)s2)c1. The van der Waals surface area contributed by atoms with Crippen LogP contribution in [0.3, 0.4) is 0 Å². The van der Waals surface area contributed by atoms with Crippen LogP contribution in [0.5, 0.6) is 0 Å². The number of carbonyl (C=O) groups is 1. The molecule has 3 aromatic rings. The Bertz CT molecular complexity index is 1150. The number of hydrogen-bond donors (Lipinski definition) is 3. The standard InChI is InChI=1S/C24H29N5O3S/c1-15(2)19-5-8-25-22(28-19)27-18-12-16(3)11-17(13-18)20-14-26-21(33-20)24(32)6-4-9-29(10-7-24)23(30)31/h5,8,11-15,32H,4,6-7,9-10H2,1-3H3,(H,30,31)(H,25,27,28)/t24-/m1/s1. The Kier molecular flexibility index (Phi) is 6.62. The number of hydrogen-bond acceptors (Lipinski definition) is 7. The first-order chi connectivity index (χ1) is 15.7. The van der Waals surface area contributed by atoms with Crippen LogP contribution in [0.15, 0.2) is 36.7 Å². The normalized spacial score (nSPS) is 18.9. The average Bonchev–Trinajstić information content (AvgIpc) is 3.18. The zero-order valence-corrected chi connectivity index (χ0v) is 19.9. The van der Waals surface area contributed by atoms with Crippen LogP contribution in [0, 0.1) is 6.92 Å². The van der Waals surface area contributed by atoms with Gasteiger partial charge in [0.15, 0.2) is 0 Å². The molecule has 0 spiro atoms. The van der Waals surface area contributed by atoms with E-state index in [0.29, 0.717) is 49.2 Å². The molecule has 1 aliphatic rings. The minimum atomic E-state index is -1.11. The van der Waals surface area contributed by atoms with Crippen molar-refractivity contribution < 1.29 is 15.0 Å². The molecule has 9 heteroatoms. The first-order valence-electron chi connectivity index (χ1n) is 11.1. The van der Waals surface area contributed by atoms with E-state index in [2.05, 4.69) is 40.2 Å². The van der Waals surface area contributed by atoms with Crippen molar-refractivity contribution in [3.8, 4) is 10.4 Å². The second kappa shape index (κ2) is 9.44. The number of nitrogens with zero attached hydrogens (tertiary/aromatic N) is 4. The van der Waals surface area contributed by atoms with Crippen molar-refractivity contribution in [3.63, 3.8) is 0 Å². The molecule has 4 rings (SSSR count). The number of likely N-dealkylation sites (tertiary alicyclic amines) is 1.